The van der Waals surface area contributed by atoms with Gasteiger partial charge in [0.25, 0.3) is 0 Å². The van der Waals surface area contributed by atoms with Gasteiger partial charge in [0.2, 0.25) is 0 Å². The van der Waals surface area contributed by atoms with E-state index in [0.717, 1.165) is 28.1 Å². The summed E-state index contributed by atoms with van der Waals surface area (Å²) >= 11 is 0. The number of hydrogen-bond acceptors (Lipinski definition) is 4. The molecule has 2 aromatic rings. The summed E-state index contributed by atoms with van der Waals surface area (Å²) in [6.07, 6.45) is 12.8. The third-order valence-electron chi connectivity index (χ3n) is 4.00. The monoisotopic (exact) mass is 290 g/mol. The standard InChI is InChI=1S/C18H14N2O2/c1-2-22-18(21)16-9-14-15(10-20-16)12-6-4-3-5-11(12)13-7-8-19-17(13)14/h3-5,7-10H,2,6H2,1H3. The fourth-order valence-electron chi connectivity index (χ4n) is 3.04. The van der Waals surface area contributed by atoms with E-state index in [2.05, 4.69) is 28.2 Å². The Morgan fingerprint density at radius 1 is 1.27 bits per heavy atom. The summed E-state index contributed by atoms with van der Waals surface area (Å²) < 4.78 is 5.04. The zero-order valence-electron chi connectivity index (χ0n) is 12.2. The van der Waals surface area contributed by atoms with E-state index in [0.29, 0.717) is 12.3 Å². The number of fused-ring (bicyclic) bond motifs is 6. The van der Waals surface area contributed by atoms with Gasteiger partial charge in [0.05, 0.1) is 12.3 Å². The molecule has 0 saturated carbocycles. The van der Waals surface area contributed by atoms with Crippen molar-refractivity contribution in [1.29, 1.82) is 0 Å². The molecule has 2 heterocycles. The Kier molecular flexibility index (Phi) is 2.89. The highest BCUT2D eigenvalue weighted by molar-refractivity contribution is 6.06. The van der Waals surface area contributed by atoms with Gasteiger partial charge in [0.1, 0.15) is 5.69 Å². The highest BCUT2D eigenvalue weighted by atomic mass is 16.5. The van der Waals surface area contributed by atoms with Gasteiger partial charge in [-0.3, -0.25) is 4.99 Å². The molecule has 108 valence electrons. The fourth-order valence-corrected chi connectivity index (χ4v) is 3.04. The van der Waals surface area contributed by atoms with Crippen molar-refractivity contribution in [3.8, 4) is 0 Å². The minimum atomic E-state index is -0.395. The van der Waals surface area contributed by atoms with Gasteiger partial charge in [-0.25, -0.2) is 9.78 Å². The second-order valence-electron chi connectivity index (χ2n) is 5.23. The average Bonchev–Trinajstić information content (AvgIpc) is 3.05. The van der Waals surface area contributed by atoms with Crippen LogP contribution in [0.2, 0.25) is 0 Å². The molecule has 0 radical (unpaired) electrons. The normalized spacial score (nSPS) is 14.2. The molecule has 0 amide bonds. The number of hydrogen-bond donors (Lipinski definition) is 0. The number of pyridine rings is 1. The number of carbonyl (C=O) groups excluding carboxylic acids is 1. The number of aromatic nitrogens is 1. The Morgan fingerprint density at radius 2 is 2.18 bits per heavy atom. The first-order valence-electron chi connectivity index (χ1n) is 7.32. The van der Waals surface area contributed by atoms with Crippen LogP contribution >= 0.6 is 0 Å². The first-order valence-corrected chi connectivity index (χ1v) is 7.32. The number of carbonyl (C=O) groups is 1. The fraction of sp³-hybridized carbons (Fsp3) is 0.167. The lowest BCUT2D eigenvalue weighted by Crippen LogP contribution is -2.29. The zero-order valence-corrected chi connectivity index (χ0v) is 12.2. The summed E-state index contributed by atoms with van der Waals surface area (Å²) in [5.41, 5.74) is 2.48. The molecule has 1 aliphatic heterocycles. The lowest BCUT2D eigenvalue weighted by atomic mass is 9.95. The molecular formula is C18H14N2O2. The summed E-state index contributed by atoms with van der Waals surface area (Å²) in [5, 5.41) is 4.33. The average molecular weight is 290 g/mol. The highest BCUT2D eigenvalue weighted by Crippen LogP contribution is 2.26. The minimum Gasteiger partial charge on any atom is -0.461 e. The van der Waals surface area contributed by atoms with E-state index in [1.165, 1.54) is 10.8 Å². The van der Waals surface area contributed by atoms with E-state index in [1.807, 2.05) is 6.08 Å². The molecule has 2 aliphatic rings. The van der Waals surface area contributed by atoms with Gasteiger partial charge < -0.3 is 4.74 Å². The maximum atomic E-state index is 11.9. The van der Waals surface area contributed by atoms with Crippen molar-refractivity contribution in [2.75, 3.05) is 6.61 Å². The van der Waals surface area contributed by atoms with Crippen LogP contribution in [0.25, 0.3) is 22.9 Å². The van der Waals surface area contributed by atoms with Crippen molar-refractivity contribution in [2.45, 2.75) is 13.3 Å². The van der Waals surface area contributed by atoms with E-state index in [1.54, 1.807) is 25.4 Å². The second kappa shape index (κ2) is 4.91. The third-order valence-corrected chi connectivity index (χ3v) is 4.00. The van der Waals surface area contributed by atoms with Gasteiger partial charge in [0, 0.05) is 28.4 Å². The van der Waals surface area contributed by atoms with Crippen LogP contribution in [0.1, 0.15) is 23.0 Å². The molecule has 1 aliphatic carbocycles. The van der Waals surface area contributed by atoms with Crippen LogP contribution in [-0.2, 0) is 11.2 Å². The molecule has 0 bridgehead atoms. The van der Waals surface area contributed by atoms with Gasteiger partial charge >= 0.3 is 5.97 Å². The van der Waals surface area contributed by atoms with Crippen LogP contribution in [-0.4, -0.2) is 23.8 Å². The number of esters is 1. The SMILES string of the molecule is CCOC(=O)c1cc2c3c(c4c(c2cn1)CC=CC=4)=CC=N3. The van der Waals surface area contributed by atoms with Crippen LogP contribution in [0.5, 0.6) is 0 Å². The van der Waals surface area contributed by atoms with Gasteiger partial charge in [0.15, 0.2) is 0 Å². The summed E-state index contributed by atoms with van der Waals surface area (Å²) in [7, 11) is 0. The van der Waals surface area contributed by atoms with Crippen molar-refractivity contribution < 1.29 is 9.53 Å². The summed E-state index contributed by atoms with van der Waals surface area (Å²) in [6, 6.07) is 1.79. The van der Waals surface area contributed by atoms with Crippen LogP contribution in [0.3, 0.4) is 0 Å². The van der Waals surface area contributed by atoms with Gasteiger partial charge in [-0.05, 0) is 36.3 Å². The number of benzene rings is 1. The molecule has 4 rings (SSSR count). The van der Waals surface area contributed by atoms with Crippen molar-refractivity contribution >= 4 is 40.8 Å². The maximum absolute atomic E-state index is 11.9. The quantitative estimate of drug-likeness (QED) is 0.793. The predicted octanol–water partition coefficient (Wildman–Crippen LogP) is 1.80. The van der Waals surface area contributed by atoms with Crippen LogP contribution in [0, 0.1) is 0 Å². The topological polar surface area (TPSA) is 51.5 Å². The Morgan fingerprint density at radius 3 is 3.05 bits per heavy atom. The number of ether oxygens (including phenoxy) is 1. The lowest BCUT2D eigenvalue weighted by Gasteiger charge is -2.12. The molecule has 0 fully saturated rings. The van der Waals surface area contributed by atoms with Crippen LogP contribution in [0.4, 0.5) is 5.69 Å². The lowest BCUT2D eigenvalue weighted by molar-refractivity contribution is 0.0520. The molecule has 4 nitrogen and oxygen atoms in total. The molecule has 0 N–H and O–H groups in total. The summed E-state index contributed by atoms with van der Waals surface area (Å²) in [4.78, 5) is 20.7. The van der Waals surface area contributed by atoms with E-state index in [-0.39, 0.29) is 0 Å². The highest BCUT2D eigenvalue weighted by Gasteiger charge is 2.17. The van der Waals surface area contributed by atoms with Crippen molar-refractivity contribution in [3.63, 3.8) is 0 Å². The van der Waals surface area contributed by atoms with E-state index in [9.17, 15) is 4.79 Å². The summed E-state index contributed by atoms with van der Waals surface area (Å²) in [6.45, 7) is 2.13. The Hall–Kier alpha value is -2.75. The molecule has 1 aromatic heterocycles. The van der Waals surface area contributed by atoms with Crippen molar-refractivity contribution in [1.82, 2.24) is 4.98 Å². The maximum Gasteiger partial charge on any atom is 0.356 e. The van der Waals surface area contributed by atoms with Crippen LogP contribution in [0.15, 0.2) is 29.4 Å². The van der Waals surface area contributed by atoms with Gasteiger partial charge in [-0.15, -0.1) is 0 Å². The van der Waals surface area contributed by atoms with E-state index in [4.69, 9.17) is 4.74 Å². The Labute approximate surface area is 127 Å². The van der Waals surface area contributed by atoms with Gasteiger partial charge in [-0.1, -0.05) is 18.2 Å². The smallest absolute Gasteiger partial charge is 0.356 e. The largest absolute Gasteiger partial charge is 0.461 e. The Balaban J connectivity index is 2.06. The van der Waals surface area contributed by atoms with E-state index < -0.39 is 5.97 Å². The Bertz CT molecular complexity index is 985. The molecule has 0 atom stereocenters. The first kappa shape index (κ1) is 13.0. The molecular weight excluding hydrogens is 276 g/mol. The van der Waals surface area contributed by atoms with Crippen molar-refractivity contribution in [3.05, 3.63) is 46.1 Å². The number of nitrogens with zero attached hydrogens (tertiary/aromatic N) is 2. The van der Waals surface area contributed by atoms with E-state index >= 15 is 0 Å². The predicted molar refractivity (Wildman–Crippen MR) is 86.9 cm³/mol. The van der Waals surface area contributed by atoms with Gasteiger partial charge in [-0.2, -0.15) is 0 Å². The summed E-state index contributed by atoms with van der Waals surface area (Å²) in [5.74, 6) is -0.395. The van der Waals surface area contributed by atoms with Crippen LogP contribution < -0.4 is 10.4 Å². The third kappa shape index (κ3) is 1.80. The molecule has 0 unspecified atom stereocenters. The second-order valence-corrected chi connectivity index (χ2v) is 5.23. The molecule has 1 aromatic carbocycles. The molecule has 0 spiro atoms. The molecule has 0 saturated heterocycles. The number of allylic oxidation sites excluding steroid dienone is 2. The zero-order chi connectivity index (χ0) is 15.1. The number of rotatable bonds is 2. The van der Waals surface area contributed by atoms with Crippen molar-refractivity contribution in [2.24, 2.45) is 4.99 Å². The first-order chi connectivity index (χ1) is 10.8. The number of aliphatic imine (C=N–C) groups is 1. The molecule has 4 heteroatoms. The molecule has 22 heavy (non-hydrogen) atoms. The minimum absolute atomic E-state index is 0.328.